The number of benzene rings is 1. The highest BCUT2D eigenvalue weighted by Crippen LogP contribution is 2.10. The lowest BCUT2D eigenvalue weighted by molar-refractivity contribution is -0.134. The molecule has 6 nitrogen and oxygen atoms in total. The van der Waals surface area contributed by atoms with Crippen molar-refractivity contribution in [2.75, 3.05) is 17.2 Å². The summed E-state index contributed by atoms with van der Waals surface area (Å²) in [6.07, 6.45) is 1.39. The van der Waals surface area contributed by atoms with Crippen molar-refractivity contribution in [1.82, 2.24) is 9.97 Å². The molecule has 19 heavy (non-hydrogen) atoms. The Hall–Kier alpha value is -2.63. The molecule has 0 bridgehead atoms. The fourth-order valence-electron chi connectivity index (χ4n) is 1.51. The Morgan fingerprint density at radius 2 is 1.79 bits per heavy atom. The normalized spacial score (nSPS) is 9.89. The van der Waals surface area contributed by atoms with Crippen molar-refractivity contribution in [3.05, 3.63) is 48.3 Å². The number of aliphatic carboxylic acids is 1. The molecule has 2 aromatic rings. The van der Waals surface area contributed by atoms with Crippen LogP contribution < -0.4 is 10.6 Å². The van der Waals surface area contributed by atoms with Gasteiger partial charge in [0.05, 0.1) is 0 Å². The predicted molar refractivity (Wildman–Crippen MR) is 71.9 cm³/mol. The minimum Gasteiger partial charge on any atom is -0.480 e. The zero-order chi connectivity index (χ0) is 13.5. The van der Waals surface area contributed by atoms with Gasteiger partial charge in [-0.2, -0.15) is 0 Å². The molecule has 0 amide bonds. The van der Waals surface area contributed by atoms with Crippen molar-refractivity contribution in [3.8, 4) is 0 Å². The molecule has 0 saturated heterocycles. The van der Waals surface area contributed by atoms with Crippen LogP contribution in [0.1, 0.15) is 5.56 Å². The third-order valence-electron chi connectivity index (χ3n) is 2.40. The van der Waals surface area contributed by atoms with Gasteiger partial charge < -0.3 is 15.7 Å². The van der Waals surface area contributed by atoms with E-state index in [4.69, 9.17) is 5.11 Å². The lowest BCUT2D eigenvalue weighted by atomic mass is 10.2. The van der Waals surface area contributed by atoms with Crippen LogP contribution in [-0.2, 0) is 11.3 Å². The summed E-state index contributed by atoms with van der Waals surface area (Å²) in [5.41, 5.74) is 1.14. The molecule has 1 heterocycles. The van der Waals surface area contributed by atoms with E-state index >= 15 is 0 Å². The summed E-state index contributed by atoms with van der Waals surface area (Å²) in [4.78, 5) is 18.5. The lowest BCUT2D eigenvalue weighted by Crippen LogP contribution is -2.13. The first-order valence-electron chi connectivity index (χ1n) is 5.79. The molecule has 3 N–H and O–H groups in total. The van der Waals surface area contributed by atoms with E-state index in [1.807, 2.05) is 30.3 Å². The van der Waals surface area contributed by atoms with E-state index in [1.165, 1.54) is 6.33 Å². The fourth-order valence-corrected chi connectivity index (χ4v) is 1.51. The zero-order valence-corrected chi connectivity index (χ0v) is 10.2. The number of anilines is 2. The number of hydrogen-bond acceptors (Lipinski definition) is 5. The average molecular weight is 258 g/mol. The van der Waals surface area contributed by atoms with Gasteiger partial charge in [0.15, 0.2) is 0 Å². The van der Waals surface area contributed by atoms with Gasteiger partial charge in [-0.3, -0.25) is 4.79 Å². The Balaban J connectivity index is 1.93. The van der Waals surface area contributed by atoms with Gasteiger partial charge in [-0.05, 0) is 5.56 Å². The molecular weight excluding hydrogens is 244 g/mol. The van der Waals surface area contributed by atoms with E-state index in [0.29, 0.717) is 18.2 Å². The minimum atomic E-state index is -0.933. The number of nitrogens with zero attached hydrogens (tertiary/aromatic N) is 2. The van der Waals surface area contributed by atoms with Gasteiger partial charge in [-0.25, -0.2) is 9.97 Å². The highest BCUT2D eigenvalue weighted by Gasteiger charge is 2.01. The highest BCUT2D eigenvalue weighted by atomic mass is 16.4. The SMILES string of the molecule is O=C(O)CNc1cc(NCc2ccccc2)ncn1. The molecule has 0 aliphatic rings. The van der Waals surface area contributed by atoms with Gasteiger partial charge in [0, 0.05) is 12.6 Å². The van der Waals surface area contributed by atoms with Crippen LogP contribution in [0.3, 0.4) is 0 Å². The first-order chi connectivity index (χ1) is 9.24. The van der Waals surface area contributed by atoms with Gasteiger partial charge in [0.1, 0.15) is 24.5 Å². The van der Waals surface area contributed by atoms with Gasteiger partial charge in [0.25, 0.3) is 0 Å². The number of carbonyl (C=O) groups is 1. The molecule has 0 unspecified atom stereocenters. The molecule has 0 aliphatic carbocycles. The molecule has 0 radical (unpaired) electrons. The van der Waals surface area contributed by atoms with Crippen LogP contribution in [0.4, 0.5) is 11.6 Å². The maximum Gasteiger partial charge on any atom is 0.322 e. The topological polar surface area (TPSA) is 87.1 Å². The Labute approximate surface area is 110 Å². The molecule has 1 aromatic heterocycles. The lowest BCUT2D eigenvalue weighted by Gasteiger charge is -2.07. The van der Waals surface area contributed by atoms with E-state index in [9.17, 15) is 4.79 Å². The molecule has 0 saturated carbocycles. The maximum absolute atomic E-state index is 10.4. The molecule has 2 rings (SSSR count). The zero-order valence-electron chi connectivity index (χ0n) is 10.2. The van der Waals surface area contributed by atoms with E-state index in [0.717, 1.165) is 5.56 Å². The van der Waals surface area contributed by atoms with Crippen LogP contribution in [-0.4, -0.2) is 27.6 Å². The summed E-state index contributed by atoms with van der Waals surface area (Å²) in [6.45, 7) is 0.478. The summed E-state index contributed by atoms with van der Waals surface area (Å²) in [6, 6.07) is 11.6. The predicted octanol–water partition coefficient (Wildman–Crippen LogP) is 1.59. The van der Waals surface area contributed by atoms with Crippen molar-refractivity contribution < 1.29 is 9.90 Å². The summed E-state index contributed by atoms with van der Waals surface area (Å²) in [5, 5.41) is 14.4. The number of carboxylic acids is 1. The fraction of sp³-hybridized carbons (Fsp3) is 0.154. The van der Waals surface area contributed by atoms with Crippen molar-refractivity contribution in [3.63, 3.8) is 0 Å². The van der Waals surface area contributed by atoms with Crippen LogP contribution >= 0.6 is 0 Å². The molecular formula is C13H14N4O2. The minimum absolute atomic E-state index is 0.171. The Morgan fingerprint density at radius 1 is 1.11 bits per heavy atom. The third-order valence-corrected chi connectivity index (χ3v) is 2.40. The van der Waals surface area contributed by atoms with E-state index in [-0.39, 0.29) is 6.54 Å². The second-order valence-electron chi connectivity index (χ2n) is 3.87. The monoisotopic (exact) mass is 258 g/mol. The van der Waals surface area contributed by atoms with Crippen LogP contribution in [0.2, 0.25) is 0 Å². The van der Waals surface area contributed by atoms with Crippen molar-refractivity contribution in [2.45, 2.75) is 6.54 Å². The summed E-state index contributed by atoms with van der Waals surface area (Å²) in [5.74, 6) is 0.192. The van der Waals surface area contributed by atoms with Crippen LogP contribution in [0.5, 0.6) is 0 Å². The van der Waals surface area contributed by atoms with Gasteiger partial charge in [-0.1, -0.05) is 30.3 Å². The third kappa shape index (κ3) is 4.27. The first kappa shape index (κ1) is 12.8. The van der Waals surface area contributed by atoms with Crippen molar-refractivity contribution in [2.24, 2.45) is 0 Å². The molecule has 0 atom stereocenters. The first-order valence-corrected chi connectivity index (χ1v) is 5.79. The summed E-state index contributed by atoms with van der Waals surface area (Å²) < 4.78 is 0. The van der Waals surface area contributed by atoms with Gasteiger partial charge >= 0.3 is 5.97 Å². The van der Waals surface area contributed by atoms with Crippen molar-refractivity contribution >= 4 is 17.6 Å². The number of carboxylic acid groups (broad SMARTS) is 1. The smallest absolute Gasteiger partial charge is 0.322 e. The second kappa shape index (κ2) is 6.34. The molecule has 6 heteroatoms. The largest absolute Gasteiger partial charge is 0.480 e. The van der Waals surface area contributed by atoms with E-state index in [2.05, 4.69) is 20.6 Å². The number of aromatic nitrogens is 2. The Bertz CT molecular complexity index is 545. The molecule has 0 fully saturated rings. The Morgan fingerprint density at radius 3 is 2.47 bits per heavy atom. The molecule has 0 aliphatic heterocycles. The summed E-state index contributed by atoms with van der Waals surface area (Å²) >= 11 is 0. The molecule has 98 valence electrons. The second-order valence-corrected chi connectivity index (χ2v) is 3.87. The number of hydrogen-bond donors (Lipinski definition) is 3. The standard InChI is InChI=1S/C13H14N4O2/c18-13(19)8-15-12-6-11(16-9-17-12)14-7-10-4-2-1-3-5-10/h1-6,9H,7-8H2,(H,18,19)(H2,14,15,16,17). The molecule has 1 aromatic carbocycles. The Kier molecular flexibility index (Phi) is 4.28. The van der Waals surface area contributed by atoms with Crippen LogP contribution in [0, 0.1) is 0 Å². The van der Waals surface area contributed by atoms with Gasteiger partial charge in [-0.15, -0.1) is 0 Å². The van der Waals surface area contributed by atoms with E-state index < -0.39 is 5.97 Å². The van der Waals surface area contributed by atoms with Crippen LogP contribution in [0.25, 0.3) is 0 Å². The van der Waals surface area contributed by atoms with Gasteiger partial charge in [0.2, 0.25) is 0 Å². The number of rotatable bonds is 6. The summed E-state index contributed by atoms with van der Waals surface area (Å²) in [7, 11) is 0. The van der Waals surface area contributed by atoms with E-state index in [1.54, 1.807) is 6.07 Å². The van der Waals surface area contributed by atoms with Crippen molar-refractivity contribution in [1.29, 1.82) is 0 Å². The quantitative estimate of drug-likeness (QED) is 0.729. The highest BCUT2D eigenvalue weighted by molar-refractivity contribution is 5.72. The average Bonchev–Trinajstić information content (AvgIpc) is 2.44. The molecule has 0 spiro atoms. The number of nitrogens with one attached hydrogen (secondary N) is 2. The van der Waals surface area contributed by atoms with Crippen LogP contribution in [0.15, 0.2) is 42.7 Å². The maximum atomic E-state index is 10.4.